The summed E-state index contributed by atoms with van der Waals surface area (Å²) in [5, 5.41) is 2.95. The van der Waals surface area contributed by atoms with Crippen LogP contribution >= 0.6 is 0 Å². The molecule has 0 fully saturated rings. The van der Waals surface area contributed by atoms with Crippen molar-refractivity contribution in [1.29, 1.82) is 0 Å². The van der Waals surface area contributed by atoms with Crippen molar-refractivity contribution < 1.29 is 9.53 Å². The van der Waals surface area contributed by atoms with Gasteiger partial charge in [-0.3, -0.25) is 4.79 Å². The van der Waals surface area contributed by atoms with Crippen LogP contribution < -0.4 is 5.32 Å². The largest absolute Gasteiger partial charge is 0.466 e. The first kappa shape index (κ1) is 8.43. The lowest BCUT2D eigenvalue weighted by molar-refractivity contribution is -0.141. The van der Waals surface area contributed by atoms with Gasteiger partial charge in [0.15, 0.2) is 0 Å². The molecule has 54 valence electrons. The number of esters is 1. The van der Waals surface area contributed by atoms with Crippen molar-refractivity contribution in [2.24, 2.45) is 0 Å². The second kappa shape index (κ2) is 5.56. The molecule has 1 N–H and O–H groups in total. The maximum Gasteiger partial charge on any atom is 0.302 e. The molecule has 0 heterocycles. The molecule has 0 saturated carbocycles. The van der Waals surface area contributed by atoms with Crippen molar-refractivity contribution in [2.45, 2.75) is 13.3 Å². The minimum atomic E-state index is -0.203. The Kier molecular flexibility index (Phi) is 5.21. The van der Waals surface area contributed by atoms with E-state index in [0.29, 0.717) is 6.61 Å². The molecule has 0 atom stereocenters. The third-order valence-corrected chi connectivity index (χ3v) is 0.876. The van der Waals surface area contributed by atoms with Crippen molar-refractivity contribution in [1.82, 2.24) is 5.32 Å². The van der Waals surface area contributed by atoms with Gasteiger partial charge < -0.3 is 10.1 Å². The van der Waals surface area contributed by atoms with E-state index in [-0.39, 0.29) is 5.97 Å². The van der Waals surface area contributed by atoms with Crippen molar-refractivity contribution in [3.63, 3.8) is 0 Å². The molecule has 0 aromatic carbocycles. The standard InChI is InChI=1S/C6H13NO2/c1-6(8)9-5-3-4-7-2/h7H,3-5H2,1-2H3. The first-order valence-corrected chi connectivity index (χ1v) is 3.05. The molecule has 3 nitrogen and oxygen atoms in total. The first-order valence-electron chi connectivity index (χ1n) is 3.05. The highest BCUT2D eigenvalue weighted by Gasteiger charge is 1.89. The quantitative estimate of drug-likeness (QED) is 0.436. The molecule has 0 bridgehead atoms. The number of nitrogens with one attached hydrogen (secondary N) is 1. The van der Waals surface area contributed by atoms with Gasteiger partial charge in [-0.2, -0.15) is 0 Å². The third-order valence-electron chi connectivity index (χ3n) is 0.876. The summed E-state index contributed by atoms with van der Waals surface area (Å²) in [6, 6.07) is 0. The summed E-state index contributed by atoms with van der Waals surface area (Å²) in [5.74, 6) is -0.203. The lowest BCUT2D eigenvalue weighted by Gasteiger charge is -1.99. The Hall–Kier alpha value is -0.570. The van der Waals surface area contributed by atoms with Gasteiger partial charge in [0.05, 0.1) is 6.61 Å². The van der Waals surface area contributed by atoms with Gasteiger partial charge in [0, 0.05) is 6.92 Å². The van der Waals surface area contributed by atoms with Gasteiger partial charge in [0.2, 0.25) is 0 Å². The van der Waals surface area contributed by atoms with Gasteiger partial charge in [0.25, 0.3) is 0 Å². The average Bonchev–Trinajstić information content (AvgIpc) is 1.80. The molecule has 0 amide bonds. The van der Waals surface area contributed by atoms with Gasteiger partial charge in [-0.15, -0.1) is 0 Å². The van der Waals surface area contributed by atoms with E-state index in [1.165, 1.54) is 6.92 Å². The van der Waals surface area contributed by atoms with E-state index in [9.17, 15) is 4.79 Å². The molecule has 0 rings (SSSR count). The average molecular weight is 131 g/mol. The zero-order chi connectivity index (χ0) is 7.11. The van der Waals surface area contributed by atoms with Crippen LogP contribution in [-0.4, -0.2) is 26.2 Å². The fourth-order valence-corrected chi connectivity index (χ4v) is 0.465. The summed E-state index contributed by atoms with van der Waals surface area (Å²) in [4.78, 5) is 10.2. The van der Waals surface area contributed by atoms with E-state index >= 15 is 0 Å². The lowest BCUT2D eigenvalue weighted by atomic mass is 10.4. The smallest absolute Gasteiger partial charge is 0.302 e. The second-order valence-corrected chi connectivity index (χ2v) is 1.80. The first-order chi connectivity index (χ1) is 4.27. The van der Waals surface area contributed by atoms with Crippen LogP contribution in [0.25, 0.3) is 0 Å². The lowest BCUT2D eigenvalue weighted by Crippen LogP contribution is -2.11. The van der Waals surface area contributed by atoms with Gasteiger partial charge >= 0.3 is 5.97 Å². The number of hydrogen-bond donors (Lipinski definition) is 1. The van der Waals surface area contributed by atoms with Gasteiger partial charge in [-0.05, 0) is 20.0 Å². The Morgan fingerprint density at radius 3 is 2.78 bits per heavy atom. The van der Waals surface area contributed by atoms with E-state index in [1.54, 1.807) is 0 Å². The Labute approximate surface area is 55.4 Å². The summed E-state index contributed by atoms with van der Waals surface area (Å²) in [6.45, 7) is 2.84. The molecule has 3 heteroatoms. The molecule has 0 aromatic heterocycles. The summed E-state index contributed by atoms with van der Waals surface area (Å²) in [6.07, 6.45) is 0.885. The molecule has 0 saturated heterocycles. The van der Waals surface area contributed by atoms with Gasteiger partial charge in [0.1, 0.15) is 0 Å². The molecule has 0 aliphatic rings. The van der Waals surface area contributed by atoms with E-state index in [1.807, 2.05) is 7.05 Å². The van der Waals surface area contributed by atoms with Crippen molar-refractivity contribution >= 4 is 5.97 Å². The van der Waals surface area contributed by atoms with Crippen LogP contribution in [0.15, 0.2) is 0 Å². The Morgan fingerprint density at radius 1 is 1.67 bits per heavy atom. The molecule has 0 radical (unpaired) electrons. The number of carbonyl (C=O) groups is 1. The Bertz CT molecular complexity index is 83.1. The maximum absolute atomic E-state index is 10.2. The topological polar surface area (TPSA) is 38.3 Å². The van der Waals surface area contributed by atoms with Crippen LogP contribution in [0.3, 0.4) is 0 Å². The van der Waals surface area contributed by atoms with E-state index in [4.69, 9.17) is 0 Å². The molecular formula is C6H13NO2. The second-order valence-electron chi connectivity index (χ2n) is 1.80. The van der Waals surface area contributed by atoms with E-state index < -0.39 is 0 Å². The summed E-state index contributed by atoms with van der Waals surface area (Å²) >= 11 is 0. The van der Waals surface area contributed by atoms with Crippen LogP contribution in [0.2, 0.25) is 0 Å². The fourth-order valence-electron chi connectivity index (χ4n) is 0.465. The summed E-state index contributed by atoms with van der Waals surface area (Å²) < 4.78 is 4.66. The van der Waals surface area contributed by atoms with E-state index in [2.05, 4.69) is 10.1 Å². The SMILES string of the molecule is CNCCCOC(C)=O. The zero-order valence-electron chi connectivity index (χ0n) is 5.94. The fraction of sp³-hybridized carbons (Fsp3) is 0.833. The predicted octanol–water partition coefficient (Wildman–Crippen LogP) is 0.159. The number of ether oxygens (including phenoxy) is 1. The monoisotopic (exact) mass is 131 g/mol. The summed E-state index contributed by atoms with van der Waals surface area (Å²) in [5.41, 5.74) is 0. The van der Waals surface area contributed by atoms with Crippen LogP contribution in [0.4, 0.5) is 0 Å². The molecule has 0 aliphatic heterocycles. The highest BCUT2D eigenvalue weighted by atomic mass is 16.5. The minimum absolute atomic E-state index is 0.203. The summed E-state index contributed by atoms with van der Waals surface area (Å²) in [7, 11) is 1.87. The third kappa shape index (κ3) is 7.43. The zero-order valence-corrected chi connectivity index (χ0v) is 5.94. The minimum Gasteiger partial charge on any atom is -0.466 e. The highest BCUT2D eigenvalue weighted by molar-refractivity contribution is 5.65. The van der Waals surface area contributed by atoms with Gasteiger partial charge in [-0.1, -0.05) is 0 Å². The highest BCUT2D eigenvalue weighted by Crippen LogP contribution is 1.80. The van der Waals surface area contributed by atoms with Crippen molar-refractivity contribution in [3.8, 4) is 0 Å². The normalized spacial score (nSPS) is 9.11. The van der Waals surface area contributed by atoms with Crippen LogP contribution in [0, 0.1) is 0 Å². The Balaban J connectivity index is 2.83. The molecular weight excluding hydrogens is 118 g/mol. The number of hydrogen-bond acceptors (Lipinski definition) is 3. The maximum atomic E-state index is 10.2. The van der Waals surface area contributed by atoms with Crippen molar-refractivity contribution in [3.05, 3.63) is 0 Å². The number of rotatable bonds is 4. The van der Waals surface area contributed by atoms with Gasteiger partial charge in [-0.25, -0.2) is 0 Å². The molecule has 0 aromatic rings. The molecule has 0 spiro atoms. The molecule has 9 heavy (non-hydrogen) atoms. The van der Waals surface area contributed by atoms with Crippen molar-refractivity contribution in [2.75, 3.05) is 20.2 Å². The van der Waals surface area contributed by atoms with Crippen LogP contribution in [-0.2, 0) is 9.53 Å². The predicted molar refractivity (Wildman–Crippen MR) is 35.2 cm³/mol. The van der Waals surface area contributed by atoms with Crippen LogP contribution in [0.5, 0.6) is 0 Å². The van der Waals surface area contributed by atoms with Crippen LogP contribution in [0.1, 0.15) is 13.3 Å². The Morgan fingerprint density at radius 2 is 2.33 bits per heavy atom. The number of carbonyl (C=O) groups excluding carboxylic acids is 1. The molecule has 0 aliphatic carbocycles. The van der Waals surface area contributed by atoms with E-state index in [0.717, 1.165) is 13.0 Å². The molecule has 0 unspecified atom stereocenters.